The molecule has 2 atom stereocenters. The molecule has 3 N–H and O–H groups in total. The number of hydrogen-bond acceptors (Lipinski definition) is 10. The highest BCUT2D eigenvalue weighted by Gasteiger charge is 2.29. The Morgan fingerprint density at radius 1 is 1.14 bits per heavy atom. The van der Waals surface area contributed by atoms with E-state index < -0.39 is 6.35 Å². The molecule has 2 aliphatic heterocycles. The summed E-state index contributed by atoms with van der Waals surface area (Å²) in [6.07, 6.45) is 2.59. The number of hydrogen-bond donors (Lipinski definition) is 3. The van der Waals surface area contributed by atoms with E-state index in [0.717, 1.165) is 49.7 Å². The molecule has 2 saturated heterocycles. The predicted molar refractivity (Wildman–Crippen MR) is 166 cm³/mol. The molecule has 5 rings (SSSR count). The lowest BCUT2D eigenvalue weighted by molar-refractivity contribution is -0.125. The van der Waals surface area contributed by atoms with E-state index in [2.05, 4.69) is 50.1 Å². The van der Waals surface area contributed by atoms with Gasteiger partial charge in [-0.1, -0.05) is 24.8 Å². The molecule has 0 spiro atoms. The van der Waals surface area contributed by atoms with Crippen LogP contribution in [0.5, 0.6) is 5.75 Å². The molecule has 0 radical (unpaired) electrons. The monoisotopic (exact) mass is 572 g/mol. The van der Waals surface area contributed by atoms with Crippen molar-refractivity contribution in [2.24, 2.45) is 5.92 Å². The van der Waals surface area contributed by atoms with Crippen LogP contribution < -0.4 is 25.2 Å². The quantitative estimate of drug-likeness (QED) is 0.234. The van der Waals surface area contributed by atoms with Gasteiger partial charge < -0.3 is 40.1 Å². The van der Waals surface area contributed by atoms with Gasteiger partial charge in [0.05, 0.1) is 12.8 Å². The van der Waals surface area contributed by atoms with Gasteiger partial charge in [-0.05, 0) is 49.7 Å². The van der Waals surface area contributed by atoms with Gasteiger partial charge in [0.25, 0.3) is 0 Å². The second-order valence-corrected chi connectivity index (χ2v) is 10.7. The number of ether oxygens (including phenoxy) is 1. The van der Waals surface area contributed by atoms with Crippen LogP contribution in [0.25, 0.3) is 0 Å². The molecule has 1 amide bonds. The van der Waals surface area contributed by atoms with Crippen molar-refractivity contribution in [3.8, 4) is 5.75 Å². The van der Waals surface area contributed by atoms with Crippen LogP contribution in [0.1, 0.15) is 6.42 Å². The summed E-state index contributed by atoms with van der Waals surface area (Å²) in [6, 6.07) is 17.5. The van der Waals surface area contributed by atoms with Gasteiger partial charge in [0, 0.05) is 69.3 Å². The first-order valence-corrected chi connectivity index (χ1v) is 14.3. The van der Waals surface area contributed by atoms with Crippen LogP contribution >= 0.6 is 0 Å². The number of para-hydroxylation sites is 1. The number of carbonyl (C=O) groups is 1. The maximum absolute atomic E-state index is 12.2. The SMILES string of the molecule is C=CC(=O)N1CC[C@@H](CN(c2cc(Nc3ccc(N4CCN(C)CC4)cc3OC)ncn2)C(O)Nc2ccccc2)C1. The van der Waals surface area contributed by atoms with Crippen molar-refractivity contribution < 1.29 is 14.6 Å². The number of carbonyl (C=O) groups excluding carboxylic acids is 1. The highest BCUT2D eigenvalue weighted by Crippen LogP contribution is 2.33. The number of methoxy groups -OCH3 is 1. The summed E-state index contributed by atoms with van der Waals surface area (Å²) < 4.78 is 5.74. The van der Waals surface area contributed by atoms with E-state index >= 15 is 0 Å². The Bertz CT molecular complexity index is 1350. The van der Waals surface area contributed by atoms with Crippen LogP contribution in [-0.2, 0) is 4.79 Å². The van der Waals surface area contributed by atoms with Gasteiger partial charge in [0.15, 0.2) is 0 Å². The van der Waals surface area contributed by atoms with Gasteiger partial charge in [-0.15, -0.1) is 0 Å². The molecule has 3 heterocycles. The summed E-state index contributed by atoms with van der Waals surface area (Å²) in [5.74, 6) is 1.90. The van der Waals surface area contributed by atoms with Crippen molar-refractivity contribution >= 4 is 34.6 Å². The molecule has 0 aliphatic carbocycles. The van der Waals surface area contributed by atoms with Gasteiger partial charge in [-0.2, -0.15) is 0 Å². The number of aromatic nitrogens is 2. The lowest BCUT2D eigenvalue weighted by Gasteiger charge is -2.34. The zero-order valence-electron chi connectivity index (χ0n) is 24.3. The molecule has 11 nitrogen and oxygen atoms in total. The summed E-state index contributed by atoms with van der Waals surface area (Å²) in [4.78, 5) is 29.4. The van der Waals surface area contributed by atoms with Gasteiger partial charge in [-0.3, -0.25) is 4.79 Å². The molecule has 2 aliphatic rings. The summed E-state index contributed by atoms with van der Waals surface area (Å²) in [6.45, 7) is 9.34. The topological polar surface area (TPSA) is 109 Å². The number of anilines is 5. The Morgan fingerprint density at radius 3 is 2.67 bits per heavy atom. The van der Waals surface area contributed by atoms with Gasteiger partial charge >= 0.3 is 0 Å². The van der Waals surface area contributed by atoms with Crippen molar-refractivity contribution in [3.63, 3.8) is 0 Å². The van der Waals surface area contributed by atoms with Crippen LogP contribution in [0.2, 0.25) is 0 Å². The molecule has 1 unspecified atom stereocenters. The number of benzene rings is 2. The number of amides is 1. The van der Waals surface area contributed by atoms with Crippen LogP contribution in [-0.4, -0.2) is 97.1 Å². The molecule has 11 heteroatoms. The fourth-order valence-corrected chi connectivity index (χ4v) is 5.42. The lowest BCUT2D eigenvalue weighted by Crippen LogP contribution is -2.44. The zero-order chi connectivity index (χ0) is 29.5. The Hall–Kier alpha value is -4.35. The lowest BCUT2D eigenvalue weighted by atomic mass is 10.1. The summed E-state index contributed by atoms with van der Waals surface area (Å²) >= 11 is 0. The summed E-state index contributed by atoms with van der Waals surface area (Å²) in [5.41, 5.74) is 2.68. The zero-order valence-corrected chi connectivity index (χ0v) is 24.3. The van der Waals surface area contributed by atoms with Crippen LogP contribution in [0.4, 0.5) is 28.7 Å². The fourth-order valence-electron chi connectivity index (χ4n) is 5.42. The number of nitrogens with zero attached hydrogens (tertiary/aromatic N) is 6. The maximum atomic E-state index is 12.2. The Labute approximate surface area is 247 Å². The molecule has 0 saturated carbocycles. The van der Waals surface area contributed by atoms with Crippen LogP contribution in [0.3, 0.4) is 0 Å². The standard InChI is InChI=1S/C31H40N8O3/c1-4-30(40)38-13-12-23(20-38)21-39(31(41)34-24-8-6-5-7-9-24)29-19-28(32-22-33-29)35-26-11-10-25(18-27(26)42-3)37-16-14-36(2)15-17-37/h4-11,18-19,22-23,31,34,41H,1,12-17,20-21H2,2-3H3,(H,32,33,35)/t23-,31?/m1/s1. The molecule has 2 aromatic carbocycles. The minimum atomic E-state index is -1.06. The number of aliphatic hydroxyl groups is 1. The molecule has 2 fully saturated rings. The van der Waals surface area contributed by atoms with E-state index in [1.165, 1.54) is 12.4 Å². The number of likely N-dealkylation sites (N-methyl/N-ethyl adjacent to an activating group) is 1. The largest absolute Gasteiger partial charge is 0.494 e. The average molecular weight is 573 g/mol. The van der Waals surface area contributed by atoms with Gasteiger partial charge in [0.2, 0.25) is 12.3 Å². The molecule has 1 aromatic heterocycles. The molecular weight excluding hydrogens is 532 g/mol. The van der Waals surface area contributed by atoms with Crippen molar-refractivity contribution in [2.45, 2.75) is 12.8 Å². The molecular formula is C31H40N8O3. The highest BCUT2D eigenvalue weighted by atomic mass is 16.5. The second-order valence-electron chi connectivity index (χ2n) is 10.7. The minimum Gasteiger partial charge on any atom is -0.494 e. The molecule has 3 aromatic rings. The number of nitrogens with one attached hydrogen (secondary N) is 2. The Morgan fingerprint density at radius 2 is 1.93 bits per heavy atom. The Kier molecular flexibility index (Phi) is 9.40. The van der Waals surface area contributed by atoms with E-state index in [9.17, 15) is 9.90 Å². The van der Waals surface area contributed by atoms with Gasteiger partial charge in [-0.25, -0.2) is 9.97 Å². The van der Waals surface area contributed by atoms with Crippen LogP contribution in [0, 0.1) is 5.92 Å². The highest BCUT2D eigenvalue weighted by molar-refractivity contribution is 5.87. The molecule has 0 bridgehead atoms. The third-order valence-corrected chi connectivity index (χ3v) is 7.86. The Balaban J connectivity index is 1.35. The van der Waals surface area contributed by atoms with E-state index in [4.69, 9.17) is 4.74 Å². The molecule has 42 heavy (non-hydrogen) atoms. The fraction of sp³-hybridized carbons (Fsp3) is 0.387. The third kappa shape index (κ3) is 7.10. The third-order valence-electron chi connectivity index (χ3n) is 7.86. The van der Waals surface area contributed by atoms with Crippen LogP contribution in [0.15, 0.2) is 73.6 Å². The van der Waals surface area contributed by atoms with Crippen molar-refractivity contribution in [2.75, 3.05) is 80.4 Å². The normalized spacial score (nSPS) is 17.9. The van der Waals surface area contributed by atoms with E-state index in [1.54, 1.807) is 16.9 Å². The number of piperazine rings is 1. The average Bonchev–Trinajstić information content (AvgIpc) is 3.49. The summed E-state index contributed by atoms with van der Waals surface area (Å²) in [7, 11) is 3.81. The first-order valence-electron chi connectivity index (χ1n) is 14.3. The minimum absolute atomic E-state index is 0.0758. The van der Waals surface area contributed by atoms with Gasteiger partial charge in [0.1, 0.15) is 23.7 Å². The molecule has 222 valence electrons. The number of aliphatic hydroxyl groups excluding tert-OH is 1. The van der Waals surface area contributed by atoms with Crippen molar-refractivity contribution in [3.05, 3.63) is 73.6 Å². The maximum Gasteiger partial charge on any atom is 0.245 e. The van der Waals surface area contributed by atoms with E-state index in [1.807, 2.05) is 48.5 Å². The van der Waals surface area contributed by atoms with Crippen molar-refractivity contribution in [1.29, 1.82) is 0 Å². The number of rotatable bonds is 11. The van der Waals surface area contributed by atoms with Crippen molar-refractivity contribution in [1.82, 2.24) is 19.8 Å². The smallest absolute Gasteiger partial charge is 0.245 e. The van der Waals surface area contributed by atoms with E-state index in [-0.39, 0.29) is 11.8 Å². The first kappa shape index (κ1) is 29.2. The number of likely N-dealkylation sites (tertiary alicyclic amines) is 1. The first-order chi connectivity index (χ1) is 20.4. The summed E-state index contributed by atoms with van der Waals surface area (Å²) in [5, 5.41) is 17.9. The predicted octanol–water partition coefficient (Wildman–Crippen LogP) is 3.21. The second kappa shape index (κ2) is 13.5. The van der Waals surface area contributed by atoms with E-state index in [0.29, 0.717) is 37.0 Å².